The van der Waals surface area contributed by atoms with Crippen LogP contribution in [0.1, 0.15) is 23.3 Å². The van der Waals surface area contributed by atoms with Crippen molar-refractivity contribution in [3.63, 3.8) is 0 Å². The summed E-state index contributed by atoms with van der Waals surface area (Å²) < 4.78 is 0. The zero-order chi connectivity index (χ0) is 9.97. The van der Waals surface area contributed by atoms with E-state index >= 15 is 0 Å². The van der Waals surface area contributed by atoms with Gasteiger partial charge in [0.05, 0.1) is 6.34 Å². The van der Waals surface area contributed by atoms with Gasteiger partial charge in [0, 0.05) is 30.9 Å². The van der Waals surface area contributed by atoms with E-state index in [1.165, 1.54) is 10.4 Å². The quantitative estimate of drug-likeness (QED) is 0.728. The highest BCUT2D eigenvalue weighted by Gasteiger charge is 2.18. The number of likely N-dealkylation sites (N-methyl/N-ethyl adjacent to an activating group) is 1. The van der Waals surface area contributed by atoms with Crippen LogP contribution in [0.2, 0.25) is 0 Å². The topological polar surface area (TPSA) is 15.6 Å². The zero-order valence-corrected chi connectivity index (χ0v) is 9.55. The third-order valence-corrected chi connectivity index (χ3v) is 3.73. The number of aryl methyl sites for hydroxylation is 1. The number of hydrogen-bond acceptors (Lipinski definition) is 3. The molecule has 0 aromatic carbocycles. The summed E-state index contributed by atoms with van der Waals surface area (Å²) in [6.45, 7) is 4.28. The predicted octanol–water partition coefficient (Wildman–Crippen LogP) is 2.37. The zero-order valence-electron chi connectivity index (χ0n) is 8.73. The lowest BCUT2D eigenvalue weighted by atomic mass is 9.98. The van der Waals surface area contributed by atoms with Gasteiger partial charge in [0.15, 0.2) is 0 Å². The molecule has 0 N–H and O–H groups in total. The van der Waals surface area contributed by atoms with Crippen LogP contribution in [0.3, 0.4) is 0 Å². The molecule has 1 aromatic rings. The SMILES string of the molecule is CCc1sccc1C1CN=CN(C)C1. The van der Waals surface area contributed by atoms with Crippen LogP contribution in [0.15, 0.2) is 16.4 Å². The molecule has 0 bridgehead atoms. The number of rotatable bonds is 2. The van der Waals surface area contributed by atoms with Crippen LogP contribution in [0.4, 0.5) is 0 Å². The minimum Gasteiger partial charge on any atom is -0.365 e. The second-order valence-corrected chi connectivity index (χ2v) is 4.77. The van der Waals surface area contributed by atoms with Crippen molar-refractivity contribution in [1.82, 2.24) is 4.90 Å². The highest BCUT2D eigenvalue weighted by molar-refractivity contribution is 7.10. The Hall–Kier alpha value is -0.830. The summed E-state index contributed by atoms with van der Waals surface area (Å²) in [5, 5.41) is 2.20. The third-order valence-electron chi connectivity index (χ3n) is 2.65. The fourth-order valence-electron chi connectivity index (χ4n) is 1.96. The third kappa shape index (κ3) is 1.82. The van der Waals surface area contributed by atoms with Crippen molar-refractivity contribution < 1.29 is 0 Å². The number of aliphatic imine (C=N–C) groups is 1. The second-order valence-electron chi connectivity index (χ2n) is 3.77. The van der Waals surface area contributed by atoms with E-state index in [1.807, 2.05) is 17.7 Å². The van der Waals surface area contributed by atoms with Crippen LogP contribution < -0.4 is 0 Å². The lowest BCUT2D eigenvalue weighted by Gasteiger charge is -2.25. The van der Waals surface area contributed by atoms with E-state index in [-0.39, 0.29) is 0 Å². The van der Waals surface area contributed by atoms with Crippen molar-refractivity contribution in [3.8, 4) is 0 Å². The first-order valence-electron chi connectivity index (χ1n) is 5.07. The molecule has 2 heterocycles. The van der Waals surface area contributed by atoms with Crippen LogP contribution in [0, 0.1) is 0 Å². The lowest BCUT2D eigenvalue weighted by molar-refractivity contribution is 0.439. The first-order chi connectivity index (χ1) is 6.81. The Morgan fingerprint density at radius 3 is 3.21 bits per heavy atom. The molecular formula is C11H16N2S. The van der Waals surface area contributed by atoms with E-state index in [2.05, 4.69) is 35.3 Å². The van der Waals surface area contributed by atoms with Gasteiger partial charge < -0.3 is 4.90 Å². The standard InChI is InChI=1S/C11H16N2S/c1-3-11-10(4-5-14-11)9-6-12-8-13(2)7-9/h4-5,8-9H,3,6-7H2,1-2H3. The molecule has 1 atom stereocenters. The molecule has 76 valence electrons. The Morgan fingerprint density at radius 2 is 2.50 bits per heavy atom. The van der Waals surface area contributed by atoms with E-state index in [4.69, 9.17) is 0 Å². The van der Waals surface area contributed by atoms with Crippen LogP contribution >= 0.6 is 11.3 Å². The molecule has 0 spiro atoms. The average Bonchev–Trinajstić information content (AvgIpc) is 2.65. The van der Waals surface area contributed by atoms with Gasteiger partial charge in [-0.05, 0) is 23.4 Å². The minimum atomic E-state index is 0.603. The van der Waals surface area contributed by atoms with Gasteiger partial charge in [0.25, 0.3) is 0 Å². The molecule has 0 saturated carbocycles. The summed E-state index contributed by atoms with van der Waals surface area (Å²) in [6.07, 6.45) is 3.09. The van der Waals surface area contributed by atoms with Crippen LogP contribution in [-0.4, -0.2) is 31.4 Å². The van der Waals surface area contributed by atoms with Crippen molar-refractivity contribution >= 4 is 17.7 Å². The second kappa shape index (κ2) is 4.13. The summed E-state index contributed by atoms with van der Waals surface area (Å²) in [7, 11) is 2.09. The molecule has 1 unspecified atom stereocenters. The van der Waals surface area contributed by atoms with Gasteiger partial charge in [-0.3, -0.25) is 4.99 Å². The van der Waals surface area contributed by atoms with Gasteiger partial charge in [-0.2, -0.15) is 0 Å². The van der Waals surface area contributed by atoms with Crippen LogP contribution in [-0.2, 0) is 6.42 Å². The Balaban J connectivity index is 2.19. The number of hydrogen-bond donors (Lipinski definition) is 0. The molecule has 0 fully saturated rings. The minimum absolute atomic E-state index is 0.603. The fourth-order valence-corrected chi connectivity index (χ4v) is 2.88. The van der Waals surface area contributed by atoms with Crippen molar-refractivity contribution in [1.29, 1.82) is 0 Å². The van der Waals surface area contributed by atoms with E-state index < -0.39 is 0 Å². The highest BCUT2D eigenvalue weighted by Crippen LogP contribution is 2.27. The molecule has 2 rings (SSSR count). The van der Waals surface area contributed by atoms with Crippen molar-refractivity contribution in [2.24, 2.45) is 4.99 Å². The van der Waals surface area contributed by atoms with Gasteiger partial charge in [-0.25, -0.2) is 0 Å². The Morgan fingerprint density at radius 1 is 1.64 bits per heavy atom. The first-order valence-corrected chi connectivity index (χ1v) is 5.95. The summed E-state index contributed by atoms with van der Waals surface area (Å²) in [5.74, 6) is 0.603. The molecule has 1 aliphatic heterocycles. The summed E-state index contributed by atoms with van der Waals surface area (Å²) in [4.78, 5) is 8.08. The Kier molecular flexibility index (Phi) is 2.87. The van der Waals surface area contributed by atoms with Gasteiger partial charge in [0.1, 0.15) is 0 Å². The fraction of sp³-hybridized carbons (Fsp3) is 0.545. The Bertz CT molecular complexity index is 330. The summed E-state index contributed by atoms with van der Waals surface area (Å²) in [5.41, 5.74) is 1.52. The Labute approximate surface area is 89.3 Å². The molecule has 3 heteroatoms. The normalized spacial score (nSPS) is 21.6. The molecule has 0 saturated heterocycles. The maximum absolute atomic E-state index is 4.38. The largest absolute Gasteiger partial charge is 0.365 e. The van der Waals surface area contributed by atoms with Gasteiger partial charge in [-0.15, -0.1) is 11.3 Å². The van der Waals surface area contributed by atoms with Crippen molar-refractivity contribution in [3.05, 3.63) is 21.9 Å². The molecule has 0 radical (unpaired) electrons. The molecule has 14 heavy (non-hydrogen) atoms. The molecule has 0 aliphatic carbocycles. The first kappa shape index (κ1) is 9.71. The highest BCUT2D eigenvalue weighted by atomic mass is 32.1. The molecule has 2 nitrogen and oxygen atoms in total. The van der Waals surface area contributed by atoms with E-state index in [1.54, 1.807) is 0 Å². The average molecular weight is 208 g/mol. The molecule has 0 amide bonds. The monoisotopic (exact) mass is 208 g/mol. The maximum Gasteiger partial charge on any atom is 0.0847 e. The predicted molar refractivity (Wildman–Crippen MR) is 62.4 cm³/mol. The molecule has 1 aliphatic rings. The van der Waals surface area contributed by atoms with E-state index in [9.17, 15) is 0 Å². The molecule has 1 aromatic heterocycles. The van der Waals surface area contributed by atoms with Gasteiger partial charge in [0.2, 0.25) is 0 Å². The maximum atomic E-state index is 4.38. The van der Waals surface area contributed by atoms with E-state index in [0.717, 1.165) is 19.5 Å². The van der Waals surface area contributed by atoms with Gasteiger partial charge >= 0.3 is 0 Å². The number of thiophene rings is 1. The smallest absolute Gasteiger partial charge is 0.0847 e. The lowest BCUT2D eigenvalue weighted by Crippen LogP contribution is -2.29. The van der Waals surface area contributed by atoms with Crippen LogP contribution in [0.5, 0.6) is 0 Å². The van der Waals surface area contributed by atoms with E-state index in [0.29, 0.717) is 5.92 Å². The van der Waals surface area contributed by atoms with Gasteiger partial charge in [-0.1, -0.05) is 6.92 Å². The summed E-state index contributed by atoms with van der Waals surface area (Å²) in [6, 6.07) is 2.27. The van der Waals surface area contributed by atoms with Crippen molar-refractivity contribution in [2.75, 3.05) is 20.1 Å². The summed E-state index contributed by atoms with van der Waals surface area (Å²) >= 11 is 1.87. The molecular weight excluding hydrogens is 192 g/mol. The number of nitrogens with zero attached hydrogens (tertiary/aromatic N) is 2. The van der Waals surface area contributed by atoms with Crippen LogP contribution in [0.25, 0.3) is 0 Å². The van der Waals surface area contributed by atoms with Crippen molar-refractivity contribution in [2.45, 2.75) is 19.3 Å².